The predicted octanol–water partition coefficient (Wildman–Crippen LogP) is 5.73. The van der Waals surface area contributed by atoms with Gasteiger partial charge in [-0.05, 0) is 42.1 Å². The van der Waals surface area contributed by atoms with Crippen LogP contribution in [-0.2, 0) is 19.0 Å². The predicted molar refractivity (Wildman–Crippen MR) is 82.0 cm³/mol. The molecule has 116 valence electrons. The topological polar surface area (TPSA) is 13.1 Å². The molecule has 2 aromatic carbocycles. The highest BCUT2D eigenvalue weighted by molar-refractivity contribution is 5.72. The molecular weight excluding hydrogens is 301 g/mol. The molecule has 0 bridgehead atoms. The molecule has 1 nitrogen and oxygen atoms in total. The van der Waals surface area contributed by atoms with Crippen molar-refractivity contribution in [3.05, 3.63) is 71.3 Å². The van der Waals surface area contributed by atoms with E-state index < -0.39 is 11.7 Å². The third kappa shape index (κ3) is 2.44. The summed E-state index contributed by atoms with van der Waals surface area (Å²) in [4.78, 5) is 0. The Morgan fingerprint density at radius 2 is 1.70 bits per heavy atom. The molecule has 3 aromatic rings. The van der Waals surface area contributed by atoms with Gasteiger partial charge in [-0.3, -0.25) is 0 Å². The van der Waals surface area contributed by atoms with Gasteiger partial charge in [-0.25, -0.2) is 0 Å². The van der Waals surface area contributed by atoms with Crippen molar-refractivity contribution in [1.82, 2.24) is 0 Å². The van der Waals surface area contributed by atoms with Crippen LogP contribution in [0.5, 0.6) is 0 Å². The van der Waals surface area contributed by atoms with Gasteiger partial charge < -0.3 is 4.42 Å². The van der Waals surface area contributed by atoms with Crippen LogP contribution in [0, 0.1) is 0 Å². The molecular formula is C19H13F3O. The van der Waals surface area contributed by atoms with E-state index in [0.717, 1.165) is 28.8 Å². The molecule has 1 heterocycles. The Morgan fingerprint density at radius 1 is 0.957 bits per heavy atom. The van der Waals surface area contributed by atoms with E-state index in [-0.39, 0.29) is 6.40 Å². The summed E-state index contributed by atoms with van der Waals surface area (Å²) in [6, 6.07) is 14.4. The number of rotatable bonds is 1. The normalized spacial score (nSPS) is 17.3. The SMILES string of the molecule is [2H]C1Cc2cc(-c3ccc(C(F)(F)F)cc3)oc2-c2ccccc21. The quantitative estimate of drug-likeness (QED) is 0.559. The minimum atomic E-state index is -4.35. The summed E-state index contributed by atoms with van der Waals surface area (Å²) in [6.45, 7) is 0. The summed E-state index contributed by atoms with van der Waals surface area (Å²) in [5.41, 5.74) is 2.63. The molecule has 0 aliphatic heterocycles. The van der Waals surface area contributed by atoms with Gasteiger partial charge in [0.25, 0.3) is 0 Å². The van der Waals surface area contributed by atoms with Crippen LogP contribution in [0.1, 0.15) is 18.1 Å². The molecule has 0 spiro atoms. The van der Waals surface area contributed by atoms with Crippen LogP contribution in [-0.4, -0.2) is 0 Å². The minimum Gasteiger partial charge on any atom is -0.456 e. The Bertz CT molecular complexity index is 894. The molecule has 1 unspecified atom stereocenters. The van der Waals surface area contributed by atoms with Crippen LogP contribution in [0.15, 0.2) is 59.0 Å². The van der Waals surface area contributed by atoms with Crippen molar-refractivity contribution in [3.8, 4) is 22.6 Å². The largest absolute Gasteiger partial charge is 0.456 e. The molecule has 0 fully saturated rings. The molecule has 1 aliphatic rings. The van der Waals surface area contributed by atoms with Gasteiger partial charge in [0.15, 0.2) is 0 Å². The van der Waals surface area contributed by atoms with Crippen molar-refractivity contribution < 1.29 is 19.0 Å². The zero-order chi connectivity index (χ0) is 16.9. The molecule has 1 aromatic heterocycles. The number of benzene rings is 2. The molecule has 4 heteroatoms. The first-order valence-electron chi connectivity index (χ1n) is 7.83. The maximum atomic E-state index is 12.7. The summed E-state index contributed by atoms with van der Waals surface area (Å²) < 4.78 is 52.2. The summed E-state index contributed by atoms with van der Waals surface area (Å²) in [5, 5.41) is 0. The summed E-state index contributed by atoms with van der Waals surface area (Å²) in [6.07, 6.45) is -4.17. The molecule has 4 rings (SSSR count). The summed E-state index contributed by atoms with van der Waals surface area (Å²) in [7, 11) is 0. The van der Waals surface area contributed by atoms with E-state index in [2.05, 4.69) is 0 Å². The van der Waals surface area contributed by atoms with Crippen molar-refractivity contribution in [1.29, 1.82) is 0 Å². The van der Waals surface area contributed by atoms with E-state index in [1.54, 1.807) is 0 Å². The molecule has 0 saturated carbocycles. The first-order chi connectivity index (χ1) is 11.4. The van der Waals surface area contributed by atoms with Gasteiger partial charge in [-0.1, -0.05) is 36.4 Å². The Morgan fingerprint density at radius 3 is 2.43 bits per heavy atom. The van der Waals surface area contributed by atoms with Crippen LogP contribution in [0.2, 0.25) is 0 Å². The van der Waals surface area contributed by atoms with E-state index in [9.17, 15) is 13.2 Å². The fourth-order valence-corrected chi connectivity index (χ4v) is 2.88. The molecule has 1 atom stereocenters. The van der Waals surface area contributed by atoms with E-state index >= 15 is 0 Å². The second-order valence-electron chi connectivity index (χ2n) is 5.54. The van der Waals surface area contributed by atoms with E-state index in [1.807, 2.05) is 30.3 Å². The van der Waals surface area contributed by atoms with E-state index in [4.69, 9.17) is 5.79 Å². The fourth-order valence-electron chi connectivity index (χ4n) is 2.88. The Balaban J connectivity index is 1.76. The number of alkyl halides is 3. The fraction of sp³-hybridized carbons (Fsp3) is 0.158. The average Bonchev–Trinajstić information content (AvgIpc) is 2.98. The highest BCUT2D eigenvalue weighted by Crippen LogP contribution is 2.39. The molecule has 23 heavy (non-hydrogen) atoms. The van der Waals surface area contributed by atoms with Gasteiger partial charge in [0.1, 0.15) is 11.5 Å². The highest BCUT2D eigenvalue weighted by atomic mass is 19.4. The van der Waals surface area contributed by atoms with Crippen LogP contribution in [0.25, 0.3) is 22.6 Å². The van der Waals surface area contributed by atoms with Gasteiger partial charge >= 0.3 is 6.18 Å². The highest BCUT2D eigenvalue weighted by Gasteiger charge is 2.30. The number of halogens is 3. The average molecular weight is 315 g/mol. The van der Waals surface area contributed by atoms with Gasteiger partial charge in [0.2, 0.25) is 0 Å². The van der Waals surface area contributed by atoms with Crippen LogP contribution >= 0.6 is 0 Å². The first kappa shape index (κ1) is 13.0. The second kappa shape index (κ2) is 5.01. The van der Waals surface area contributed by atoms with Gasteiger partial charge in [-0.15, -0.1) is 0 Å². The Labute approximate surface area is 132 Å². The first-order valence-corrected chi connectivity index (χ1v) is 7.25. The van der Waals surface area contributed by atoms with Gasteiger partial charge in [0.05, 0.1) is 5.56 Å². The maximum absolute atomic E-state index is 12.7. The standard InChI is InChI=1S/C19H13F3O/c20-19(21,22)15-9-7-13(8-10-15)17-11-14-6-5-12-3-1-2-4-16(12)18(14)23-17/h1-4,7-11H,5-6H2/i5D. The van der Waals surface area contributed by atoms with Crippen molar-refractivity contribution in [2.45, 2.75) is 19.0 Å². The lowest BCUT2D eigenvalue weighted by Gasteiger charge is -2.13. The number of fused-ring (bicyclic) bond motifs is 3. The van der Waals surface area contributed by atoms with E-state index in [1.165, 1.54) is 12.1 Å². The molecule has 1 aliphatic carbocycles. The van der Waals surface area contributed by atoms with E-state index in [0.29, 0.717) is 23.5 Å². The third-order valence-electron chi connectivity index (χ3n) is 4.05. The lowest BCUT2D eigenvalue weighted by molar-refractivity contribution is -0.137. The number of hydrogen-bond donors (Lipinski definition) is 0. The number of furan rings is 1. The smallest absolute Gasteiger partial charge is 0.416 e. The summed E-state index contributed by atoms with van der Waals surface area (Å²) in [5.74, 6) is 1.24. The Kier molecular flexibility index (Phi) is 2.83. The second-order valence-corrected chi connectivity index (χ2v) is 5.54. The van der Waals surface area contributed by atoms with Crippen molar-refractivity contribution in [3.63, 3.8) is 0 Å². The lowest BCUT2D eigenvalue weighted by atomic mass is 9.91. The monoisotopic (exact) mass is 315 g/mol. The lowest BCUT2D eigenvalue weighted by Crippen LogP contribution is -2.03. The molecule has 0 radical (unpaired) electrons. The zero-order valence-corrected chi connectivity index (χ0v) is 12.0. The molecule has 0 N–H and O–H groups in total. The van der Waals surface area contributed by atoms with Crippen molar-refractivity contribution in [2.24, 2.45) is 0 Å². The minimum absolute atomic E-state index is 0.355. The third-order valence-corrected chi connectivity index (χ3v) is 4.05. The number of aryl methyl sites for hydroxylation is 2. The number of hydrogen-bond acceptors (Lipinski definition) is 1. The van der Waals surface area contributed by atoms with Crippen LogP contribution < -0.4 is 0 Å². The maximum Gasteiger partial charge on any atom is 0.416 e. The van der Waals surface area contributed by atoms with Crippen LogP contribution in [0.4, 0.5) is 13.2 Å². The zero-order valence-electron chi connectivity index (χ0n) is 13.0. The summed E-state index contributed by atoms with van der Waals surface area (Å²) >= 11 is 0. The van der Waals surface area contributed by atoms with Crippen molar-refractivity contribution in [2.75, 3.05) is 0 Å². The van der Waals surface area contributed by atoms with Gasteiger partial charge in [0, 0.05) is 12.5 Å². The molecule has 0 amide bonds. The van der Waals surface area contributed by atoms with Crippen LogP contribution in [0.3, 0.4) is 0 Å². The Hall–Kier alpha value is -2.49. The van der Waals surface area contributed by atoms with Gasteiger partial charge in [-0.2, -0.15) is 13.2 Å². The van der Waals surface area contributed by atoms with Crippen molar-refractivity contribution >= 4 is 0 Å². The molecule has 0 saturated heterocycles.